The van der Waals surface area contributed by atoms with Crippen LogP contribution in [0.3, 0.4) is 0 Å². The van der Waals surface area contributed by atoms with Gasteiger partial charge in [0.2, 0.25) is 0 Å². The molecule has 0 bridgehead atoms. The first-order chi connectivity index (χ1) is 16.0. The van der Waals surface area contributed by atoms with Gasteiger partial charge in [0.15, 0.2) is 11.5 Å². The Bertz CT molecular complexity index is 1190. The molecule has 0 aliphatic carbocycles. The molecule has 1 aromatic heterocycles. The van der Waals surface area contributed by atoms with Gasteiger partial charge in [-0.1, -0.05) is 24.3 Å². The first-order valence-corrected chi connectivity index (χ1v) is 10.7. The highest BCUT2D eigenvalue weighted by Gasteiger charge is 2.14. The molecule has 2 N–H and O–H groups in total. The van der Waals surface area contributed by atoms with E-state index in [1.54, 1.807) is 54.6 Å². The number of hydrogen-bond donors (Lipinski definition) is 2. The molecule has 3 aromatic rings. The highest BCUT2D eigenvalue weighted by Crippen LogP contribution is 2.27. The fraction of sp³-hybridized carbons (Fsp3) is 0.0833. The Hall–Kier alpha value is -4.24. The topological polar surface area (TPSA) is 106 Å². The number of esters is 1. The lowest BCUT2D eigenvalue weighted by Crippen LogP contribution is -2.32. The summed E-state index contributed by atoms with van der Waals surface area (Å²) in [4.78, 5) is 37.3. The summed E-state index contributed by atoms with van der Waals surface area (Å²) in [5.41, 5.74) is 3.48. The van der Waals surface area contributed by atoms with Crippen LogP contribution in [0.4, 0.5) is 0 Å². The van der Waals surface area contributed by atoms with Crippen LogP contribution in [0.25, 0.3) is 6.08 Å². The predicted octanol–water partition coefficient (Wildman–Crippen LogP) is 3.60. The fourth-order valence-corrected chi connectivity index (χ4v) is 3.34. The van der Waals surface area contributed by atoms with Gasteiger partial charge in [-0.3, -0.25) is 14.4 Å². The zero-order chi connectivity index (χ0) is 23.6. The summed E-state index contributed by atoms with van der Waals surface area (Å²) >= 11 is 1.43. The van der Waals surface area contributed by atoms with Crippen molar-refractivity contribution in [1.82, 2.24) is 10.7 Å². The maximum Gasteiger partial charge on any atom is 0.308 e. The Balaban J connectivity index is 1.73. The van der Waals surface area contributed by atoms with Crippen LogP contribution in [0.5, 0.6) is 11.5 Å². The van der Waals surface area contributed by atoms with Crippen molar-refractivity contribution in [2.75, 3.05) is 7.11 Å². The minimum atomic E-state index is -0.590. The molecule has 9 heteroatoms. The van der Waals surface area contributed by atoms with E-state index in [1.165, 1.54) is 31.6 Å². The number of ether oxygens (including phenoxy) is 2. The summed E-state index contributed by atoms with van der Waals surface area (Å²) in [6.45, 7) is 1.29. The average molecular weight is 464 g/mol. The van der Waals surface area contributed by atoms with Crippen LogP contribution in [-0.2, 0) is 9.59 Å². The van der Waals surface area contributed by atoms with Gasteiger partial charge in [-0.2, -0.15) is 5.10 Å². The first-order valence-electron chi connectivity index (χ1n) is 9.77. The van der Waals surface area contributed by atoms with Crippen LogP contribution in [0.1, 0.15) is 27.7 Å². The zero-order valence-corrected chi connectivity index (χ0v) is 18.7. The molecule has 33 heavy (non-hydrogen) atoms. The third-order valence-corrected chi connectivity index (χ3v) is 5.00. The largest absolute Gasteiger partial charge is 0.493 e. The van der Waals surface area contributed by atoms with Crippen molar-refractivity contribution in [1.29, 1.82) is 0 Å². The van der Waals surface area contributed by atoms with E-state index in [4.69, 9.17) is 9.47 Å². The summed E-state index contributed by atoms with van der Waals surface area (Å²) in [7, 11) is 1.45. The number of nitrogens with zero attached hydrogens (tertiary/aromatic N) is 1. The summed E-state index contributed by atoms with van der Waals surface area (Å²) in [5, 5.41) is 8.47. The SMILES string of the molecule is COc1cc(C=NNC(=O)C(=Cc2cccs2)NC(=O)c2ccccc2)ccc1OC(C)=O. The maximum atomic E-state index is 12.7. The number of benzene rings is 2. The first kappa shape index (κ1) is 23.4. The number of carbonyl (C=O) groups is 3. The molecule has 0 saturated heterocycles. The number of rotatable bonds is 8. The van der Waals surface area contributed by atoms with E-state index in [0.717, 1.165) is 4.88 Å². The molecule has 0 atom stereocenters. The van der Waals surface area contributed by atoms with Gasteiger partial charge in [-0.05, 0) is 53.4 Å². The van der Waals surface area contributed by atoms with Crippen LogP contribution in [-0.4, -0.2) is 31.1 Å². The summed E-state index contributed by atoms with van der Waals surface area (Å²) in [5.74, 6) is -0.856. The standard InChI is InChI=1S/C24H21N3O5S/c1-16(28)32-21-11-10-17(13-22(21)31-2)15-25-27-24(30)20(14-19-9-6-12-33-19)26-23(29)18-7-4-3-5-8-18/h3-15H,1-2H3,(H,26,29)(H,27,30). The van der Waals surface area contributed by atoms with Crippen molar-refractivity contribution in [3.8, 4) is 11.5 Å². The second kappa shape index (κ2) is 11.4. The molecule has 0 spiro atoms. The second-order valence-electron chi connectivity index (χ2n) is 6.60. The Labute approximate surface area is 194 Å². The van der Waals surface area contributed by atoms with Gasteiger partial charge in [0.1, 0.15) is 5.70 Å². The minimum absolute atomic E-state index is 0.0474. The summed E-state index contributed by atoms with van der Waals surface area (Å²) < 4.78 is 10.3. The molecular weight excluding hydrogens is 442 g/mol. The minimum Gasteiger partial charge on any atom is -0.493 e. The molecule has 0 saturated carbocycles. The van der Waals surface area contributed by atoms with E-state index in [9.17, 15) is 14.4 Å². The number of hydrazone groups is 1. The van der Waals surface area contributed by atoms with Gasteiger partial charge < -0.3 is 14.8 Å². The highest BCUT2D eigenvalue weighted by atomic mass is 32.1. The highest BCUT2D eigenvalue weighted by molar-refractivity contribution is 7.10. The quantitative estimate of drug-likeness (QED) is 0.175. The van der Waals surface area contributed by atoms with Gasteiger partial charge in [0.05, 0.1) is 13.3 Å². The van der Waals surface area contributed by atoms with E-state index < -0.39 is 17.8 Å². The molecule has 0 aliphatic rings. The van der Waals surface area contributed by atoms with Crippen molar-refractivity contribution in [2.24, 2.45) is 5.10 Å². The summed E-state index contributed by atoms with van der Waals surface area (Å²) in [6.07, 6.45) is 2.98. The molecule has 0 fully saturated rings. The lowest BCUT2D eigenvalue weighted by atomic mass is 10.2. The van der Waals surface area contributed by atoms with Crippen molar-refractivity contribution in [3.05, 3.63) is 87.7 Å². The monoisotopic (exact) mass is 463 g/mol. The molecule has 3 rings (SSSR count). The van der Waals surface area contributed by atoms with E-state index in [2.05, 4.69) is 15.8 Å². The number of amides is 2. The maximum absolute atomic E-state index is 12.7. The molecule has 0 aliphatic heterocycles. The van der Waals surface area contributed by atoms with Crippen LogP contribution in [0.15, 0.2) is 76.8 Å². The third-order valence-electron chi connectivity index (χ3n) is 4.18. The smallest absolute Gasteiger partial charge is 0.308 e. The predicted molar refractivity (Wildman–Crippen MR) is 126 cm³/mol. The van der Waals surface area contributed by atoms with Crippen molar-refractivity contribution in [3.63, 3.8) is 0 Å². The number of hydrogen-bond acceptors (Lipinski definition) is 7. The van der Waals surface area contributed by atoms with Gasteiger partial charge in [0.25, 0.3) is 11.8 Å². The van der Waals surface area contributed by atoms with E-state index >= 15 is 0 Å². The average Bonchev–Trinajstić information content (AvgIpc) is 3.32. The number of carbonyl (C=O) groups excluding carboxylic acids is 3. The van der Waals surface area contributed by atoms with Gasteiger partial charge in [-0.25, -0.2) is 5.43 Å². The second-order valence-corrected chi connectivity index (χ2v) is 7.58. The normalized spacial score (nSPS) is 11.2. The molecule has 8 nitrogen and oxygen atoms in total. The molecule has 0 unspecified atom stereocenters. The van der Waals surface area contributed by atoms with Crippen LogP contribution < -0.4 is 20.2 Å². The van der Waals surface area contributed by atoms with Gasteiger partial charge in [-0.15, -0.1) is 11.3 Å². The van der Waals surface area contributed by atoms with Crippen molar-refractivity contribution < 1.29 is 23.9 Å². The number of methoxy groups -OCH3 is 1. The summed E-state index contributed by atoms with van der Waals surface area (Å²) in [6, 6.07) is 17.1. The van der Waals surface area contributed by atoms with Crippen LogP contribution in [0.2, 0.25) is 0 Å². The molecular formula is C24H21N3O5S. The lowest BCUT2D eigenvalue weighted by Gasteiger charge is -2.09. The molecule has 168 valence electrons. The van der Waals surface area contributed by atoms with Crippen LogP contribution >= 0.6 is 11.3 Å². The number of nitrogens with one attached hydrogen (secondary N) is 2. The Morgan fingerprint density at radius 3 is 2.45 bits per heavy atom. The molecule has 1 heterocycles. The Kier molecular flexibility index (Phi) is 8.09. The lowest BCUT2D eigenvalue weighted by molar-refractivity contribution is -0.132. The Morgan fingerprint density at radius 2 is 1.79 bits per heavy atom. The van der Waals surface area contributed by atoms with Gasteiger partial charge in [0, 0.05) is 17.4 Å². The van der Waals surface area contributed by atoms with Gasteiger partial charge >= 0.3 is 5.97 Å². The van der Waals surface area contributed by atoms with E-state index in [1.807, 2.05) is 17.5 Å². The molecule has 0 radical (unpaired) electrons. The zero-order valence-electron chi connectivity index (χ0n) is 17.9. The molecule has 2 aromatic carbocycles. The van der Waals surface area contributed by atoms with Crippen molar-refractivity contribution >= 4 is 41.4 Å². The van der Waals surface area contributed by atoms with E-state index in [0.29, 0.717) is 16.9 Å². The Morgan fingerprint density at radius 1 is 1.00 bits per heavy atom. The van der Waals surface area contributed by atoms with Crippen LogP contribution in [0, 0.1) is 0 Å². The molecule has 2 amide bonds. The number of thiophene rings is 1. The van der Waals surface area contributed by atoms with Crippen molar-refractivity contribution in [2.45, 2.75) is 6.92 Å². The fourth-order valence-electron chi connectivity index (χ4n) is 2.69. The van der Waals surface area contributed by atoms with E-state index in [-0.39, 0.29) is 11.4 Å². The third kappa shape index (κ3) is 6.88.